The first-order valence-corrected chi connectivity index (χ1v) is 9.21. The van der Waals surface area contributed by atoms with E-state index >= 15 is 0 Å². The Bertz CT molecular complexity index is 1010. The smallest absolute Gasteiger partial charge is 0.297 e. The zero-order valence-electron chi connectivity index (χ0n) is 14.9. The lowest BCUT2D eigenvalue weighted by Gasteiger charge is -2.35. The summed E-state index contributed by atoms with van der Waals surface area (Å²) < 4.78 is 26.4. The number of halogens is 3. The van der Waals surface area contributed by atoms with Gasteiger partial charge in [0.15, 0.2) is 5.82 Å². The first kappa shape index (κ1) is 18.6. The predicted molar refractivity (Wildman–Crippen MR) is 104 cm³/mol. The van der Waals surface area contributed by atoms with Gasteiger partial charge in [0.05, 0.1) is 12.1 Å². The molecule has 0 atom stereocenters. The third kappa shape index (κ3) is 3.75. The Morgan fingerprint density at radius 2 is 1.79 bits per heavy atom. The van der Waals surface area contributed by atoms with Gasteiger partial charge < -0.3 is 9.80 Å². The Hall–Kier alpha value is -2.80. The average Bonchev–Trinajstić information content (AvgIpc) is 2.70. The number of nitrogens with zero attached hydrogens (tertiary/aromatic N) is 4. The lowest BCUT2D eigenvalue weighted by Crippen LogP contribution is -2.50. The van der Waals surface area contributed by atoms with E-state index in [4.69, 9.17) is 11.6 Å². The maximum atomic E-state index is 13.2. The summed E-state index contributed by atoms with van der Waals surface area (Å²) in [5, 5.41) is 1.30. The van der Waals surface area contributed by atoms with Gasteiger partial charge in [-0.2, -0.15) is 0 Å². The van der Waals surface area contributed by atoms with Crippen molar-refractivity contribution in [2.24, 2.45) is 0 Å². The Balaban J connectivity index is 1.57. The number of anilines is 1. The molecule has 3 aromatic rings. The summed E-state index contributed by atoms with van der Waals surface area (Å²) in [6, 6.07) is 14.3. The molecule has 28 heavy (non-hydrogen) atoms. The molecule has 4 rings (SSSR count). The van der Waals surface area contributed by atoms with Gasteiger partial charge in [-0.1, -0.05) is 35.9 Å². The number of rotatable bonds is 4. The first-order valence-electron chi connectivity index (χ1n) is 8.83. The molecule has 1 aliphatic heterocycles. The predicted octanol–water partition coefficient (Wildman–Crippen LogP) is 4.07. The molecule has 1 saturated heterocycles. The summed E-state index contributed by atoms with van der Waals surface area (Å²) in [7, 11) is 0. The summed E-state index contributed by atoms with van der Waals surface area (Å²) in [5.41, 5.74) is 1.43. The normalized spacial score (nSPS) is 14.9. The summed E-state index contributed by atoms with van der Waals surface area (Å²) in [6.45, 7) is 1.54. The van der Waals surface area contributed by atoms with Gasteiger partial charge in [0.2, 0.25) is 5.91 Å². The number of hydrogen-bond donors (Lipinski definition) is 0. The highest BCUT2D eigenvalue weighted by molar-refractivity contribution is 6.30. The first-order chi connectivity index (χ1) is 13.5. The molecule has 5 nitrogen and oxygen atoms in total. The number of carbonyl (C=O) groups is 1. The van der Waals surface area contributed by atoms with E-state index in [2.05, 4.69) is 9.97 Å². The SMILES string of the molecule is O=C1CN(c2nc(C(F)F)nc3ccccc23)CCN1Cc1ccc(Cl)cc1. The Kier molecular flexibility index (Phi) is 5.09. The van der Waals surface area contributed by atoms with E-state index in [0.29, 0.717) is 41.4 Å². The van der Waals surface area contributed by atoms with Gasteiger partial charge >= 0.3 is 0 Å². The molecular weight excluding hydrogens is 386 g/mol. The van der Waals surface area contributed by atoms with E-state index in [0.717, 1.165) is 5.56 Å². The van der Waals surface area contributed by atoms with Gasteiger partial charge in [-0.3, -0.25) is 4.79 Å². The number of benzene rings is 2. The number of amides is 1. The van der Waals surface area contributed by atoms with Gasteiger partial charge in [-0.15, -0.1) is 0 Å². The van der Waals surface area contributed by atoms with E-state index in [1.807, 2.05) is 12.1 Å². The van der Waals surface area contributed by atoms with E-state index < -0.39 is 12.2 Å². The highest BCUT2D eigenvalue weighted by atomic mass is 35.5. The maximum absolute atomic E-state index is 13.2. The molecule has 1 aliphatic rings. The zero-order chi connectivity index (χ0) is 19.7. The molecule has 1 fully saturated rings. The zero-order valence-corrected chi connectivity index (χ0v) is 15.6. The van der Waals surface area contributed by atoms with Crippen molar-refractivity contribution in [1.29, 1.82) is 0 Å². The molecule has 8 heteroatoms. The lowest BCUT2D eigenvalue weighted by molar-refractivity contribution is -0.131. The van der Waals surface area contributed by atoms with Gasteiger partial charge in [0, 0.05) is 30.0 Å². The van der Waals surface area contributed by atoms with E-state index in [1.54, 1.807) is 46.2 Å². The van der Waals surface area contributed by atoms with Crippen LogP contribution in [0.25, 0.3) is 10.9 Å². The van der Waals surface area contributed by atoms with E-state index in [1.165, 1.54) is 0 Å². The molecule has 0 bridgehead atoms. The number of aromatic nitrogens is 2. The fraction of sp³-hybridized carbons (Fsp3) is 0.250. The molecule has 0 saturated carbocycles. The van der Waals surface area contributed by atoms with Crippen LogP contribution in [0.4, 0.5) is 14.6 Å². The van der Waals surface area contributed by atoms with Crippen LogP contribution in [0.5, 0.6) is 0 Å². The number of piperazine rings is 1. The molecule has 0 N–H and O–H groups in total. The second-order valence-corrected chi connectivity index (χ2v) is 7.02. The van der Waals surface area contributed by atoms with Crippen LogP contribution < -0.4 is 4.90 Å². The minimum atomic E-state index is -2.77. The topological polar surface area (TPSA) is 49.3 Å². The third-order valence-corrected chi connectivity index (χ3v) is 4.95. The number of para-hydroxylation sites is 1. The van der Waals surface area contributed by atoms with Gasteiger partial charge in [0.25, 0.3) is 6.43 Å². The van der Waals surface area contributed by atoms with Crippen molar-refractivity contribution in [3.05, 3.63) is 64.9 Å². The summed E-state index contributed by atoms with van der Waals surface area (Å²) in [4.78, 5) is 24.2. The van der Waals surface area contributed by atoms with Crippen LogP contribution in [-0.4, -0.2) is 40.4 Å². The average molecular weight is 403 g/mol. The molecule has 2 heterocycles. The van der Waals surface area contributed by atoms with Gasteiger partial charge in [-0.25, -0.2) is 18.7 Å². The molecule has 0 radical (unpaired) electrons. The van der Waals surface area contributed by atoms with Crippen molar-refractivity contribution >= 4 is 34.2 Å². The van der Waals surface area contributed by atoms with Crippen LogP contribution in [0.3, 0.4) is 0 Å². The van der Waals surface area contributed by atoms with Crippen LogP contribution in [0.1, 0.15) is 17.8 Å². The quantitative estimate of drug-likeness (QED) is 0.660. The molecule has 1 aromatic heterocycles. The maximum Gasteiger partial charge on any atom is 0.297 e. The minimum absolute atomic E-state index is 0.0806. The number of fused-ring (bicyclic) bond motifs is 1. The van der Waals surface area contributed by atoms with Crippen molar-refractivity contribution in [1.82, 2.24) is 14.9 Å². The standard InChI is InChI=1S/C20H17ClF2N4O/c21-14-7-5-13(6-8-14)11-26-9-10-27(12-17(26)28)20-15-3-1-2-4-16(15)24-19(25-20)18(22)23/h1-8,18H,9-12H2. The molecule has 144 valence electrons. The third-order valence-electron chi connectivity index (χ3n) is 4.70. The van der Waals surface area contributed by atoms with Crippen molar-refractivity contribution in [3.8, 4) is 0 Å². The van der Waals surface area contributed by atoms with Crippen molar-refractivity contribution in [3.63, 3.8) is 0 Å². The van der Waals surface area contributed by atoms with Crippen LogP contribution in [-0.2, 0) is 11.3 Å². The molecule has 2 aromatic carbocycles. The number of alkyl halides is 2. The van der Waals surface area contributed by atoms with Crippen molar-refractivity contribution < 1.29 is 13.6 Å². The van der Waals surface area contributed by atoms with E-state index in [9.17, 15) is 13.6 Å². The van der Waals surface area contributed by atoms with E-state index in [-0.39, 0.29) is 12.5 Å². The van der Waals surface area contributed by atoms with Crippen LogP contribution in [0.2, 0.25) is 5.02 Å². The monoisotopic (exact) mass is 402 g/mol. The number of hydrogen-bond acceptors (Lipinski definition) is 4. The summed E-state index contributed by atoms with van der Waals surface area (Å²) in [6.07, 6.45) is -2.77. The summed E-state index contributed by atoms with van der Waals surface area (Å²) in [5.74, 6) is -0.229. The van der Waals surface area contributed by atoms with Crippen LogP contribution in [0.15, 0.2) is 48.5 Å². The fourth-order valence-electron chi connectivity index (χ4n) is 3.28. The Morgan fingerprint density at radius 1 is 1.04 bits per heavy atom. The van der Waals surface area contributed by atoms with Crippen LogP contribution >= 0.6 is 11.6 Å². The highest BCUT2D eigenvalue weighted by Crippen LogP contribution is 2.28. The second-order valence-electron chi connectivity index (χ2n) is 6.59. The van der Waals surface area contributed by atoms with Crippen molar-refractivity contribution in [2.75, 3.05) is 24.5 Å². The minimum Gasteiger partial charge on any atom is -0.345 e. The molecule has 0 spiro atoms. The van der Waals surface area contributed by atoms with Crippen molar-refractivity contribution in [2.45, 2.75) is 13.0 Å². The molecular formula is C20H17ClF2N4O. The molecule has 0 unspecified atom stereocenters. The molecule has 1 amide bonds. The van der Waals surface area contributed by atoms with Gasteiger partial charge in [0.1, 0.15) is 5.82 Å². The highest BCUT2D eigenvalue weighted by Gasteiger charge is 2.27. The lowest BCUT2D eigenvalue weighted by atomic mass is 10.1. The van der Waals surface area contributed by atoms with Crippen LogP contribution in [0, 0.1) is 0 Å². The van der Waals surface area contributed by atoms with Gasteiger partial charge in [-0.05, 0) is 29.8 Å². The largest absolute Gasteiger partial charge is 0.345 e. The number of carbonyl (C=O) groups excluding carboxylic acids is 1. The Labute approximate surface area is 165 Å². The second kappa shape index (κ2) is 7.67. The summed E-state index contributed by atoms with van der Waals surface area (Å²) >= 11 is 5.90. The Morgan fingerprint density at radius 3 is 2.50 bits per heavy atom. The fourth-order valence-corrected chi connectivity index (χ4v) is 3.41. The molecule has 0 aliphatic carbocycles.